The van der Waals surface area contributed by atoms with Crippen LogP contribution in [0.25, 0.3) is 0 Å². The number of ether oxygens (including phenoxy) is 2. The molecule has 184 valence electrons. The zero-order valence-corrected chi connectivity index (χ0v) is 21.0. The van der Waals surface area contributed by atoms with Gasteiger partial charge in [-0.15, -0.1) is 11.3 Å². The van der Waals surface area contributed by atoms with Crippen LogP contribution in [0.1, 0.15) is 69.3 Å². The lowest BCUT2D eigenvalue weighted by Gasteiger charge is -2.22. The molecule has 1 saturated heterocycles. The van der Waals surface area contributed by atoms with Crippen LogP contribution in [-0.2, 0) is 19.1 Å². The summed E-state index contributed by atoms with van der Waals surface area (Å²) >= 11 is 2.90. The second-order valence-corrected chi connectivity index (χ2v) is 9.92. The number of unbranched alkanes of at least 4 members (excludes halogenated alkanes) is 3. The number of thiazole rings is 1. The van der Waals surface area contributed by atoms with Crippen molar-refractivity contribution >= 4 is 40.9 Å². The highest BCUT2D eigenvalue weighted by Crippen LogP contribution is 2.26. The van der Waals surface area contributed by atoms with E-state index in [1.54, 1.807) is 12.3 Å². The van der Waals surface area contributed by atoms with Gasteiger partial charge in [0.05, 0.1) is 12.6 Å². The molecule has 1 amide bonds. The number of likely N-dealkylation sites (tertiary alicyclic amines) is 1. The maximum absolute atomic E-state index is 12.4. The Morgan fingerprint density at radius 2 is 2.15 bits per heavy atom. The summed E-state index contributed by atoms with van der Waals surface area (Å²) < 4.78 is 11.2. The van der Waals surface area contributed by atoms with Crippen molar-refractivity contribution in [2.24, 2.45) is 0 Å². The van der Waals surface area contributed by atoms with Crippen LogP contribution in [0.5, 0.6) is 0 Å². The number of hydrogen-bond acceptors (Lipinski definition) is 9. The van der Waals surface area contributed by atoms with Gasteiger partial charge in [-0.25, -0.2) is 9.78 Å². The standard InChI is InChI=1S/C23H34N2O6S2/c1-3-30-22(29)20-16-33-23(24-20)32-15-13-25-18(10-12-21(25)28)9-11-19(31-17(2)27)8-6-4-5-7-14-26/h9,11,16,18-19,26H,3-8,10,12-15H2,1-2H3/b11-9+/t18-,19?/m0/s1. The van der Waals surface area contributed by atoms with Crippen molar-refractivity contribution in [3.63, 3.8) is 0 Å². The Balaban J connectivity index is 1.85. The van der Waals surface area contributed by atoms with Gasteiger partial charge >= 0.3 is 11.9 Å². The molecular weight excluding hydrogens is 464 g/mol. The summed E-state index contributed by atoms with van der Waals surface area (Å²) in [4.78, 5) is 41.8. The molecule has 0 bridgehead atoms. The molecule has 1 N–H and O–H groups in total. The zero-order chi connectivity index (χ0) is 24.1. The van der Waals surface area contributed by atoms with Gasteiger partial charge in [0, 0.05) is 37.6 Å². The predicted octanol–water partition coefficient (Wildman–Crippen LogP) is 3.83. The number of amides is 1. The molecule has 1 aliphatic rings. The lowest BCUT2D eigenvalue weighted by atomic mass is 10.1. The monoisotopic (exact) mass is 498 g/mol. The average molecular weight is 499 g/mol. The average Bonchev–Trinajstić information content (AvgIpc) is 3.39. The van der Waals surface area contributed by atoms with Gasteiger partial charge in [0.2, 0.25) is 5.91 Å². The summed E-state index contributed by atoms with van der Waals surface area (Å²) in [6.45, 7) is 4.25. The number of carbonyl (C=O) groups is 3. The Kier molecular flexibility index (Phi) is 12.5. The largest absolute Gasteiger partial charge is 0.461 e. The van der Waals surface area contributed by atoms with Crippen molar-refractivity contribution in [1.82, 2.24) is 9.88 Å². The van der Waals surface area contributed by atoms with Crippen molar-refractivity contribution in [2.45, 2.75) is 75.3 Å². The van der Waals surface area contributed by atoms with Crippen LogP contribution in [0.4, 0.5) is 0 Å². The summed E-state index contributed by atoms with van der Waals surface area (Å²) in [5, 5.41) is 10.6. The van der Waals surface area contributed by atoms with Gasteiger partial charge in [-0.05, 0) is 38.7 Å². The van der Waals surface area contributed by atoms with Gasteiger partial charge in [0.15, 0.2) is 10.0 Å². The third kappa shape index (κ3) is 9.85. The minimum atomic E-state index is -0.420. The molecule has 2 heterocycles. The Hall–Kier alpha value is -1.91. The van der Waals surface area contributed by atoms with E-state index >= 15 is 0 Å². The highest BCUT2D eigenvalue weighted by atomic mass is 32.2. The number of aliphatic hydroxyl groups excluding tert-OH is 1. The van der Waals surface area contributed by atoms with Crippen LogP contribution < -0.4 is 0 Å². The fourth-order valence-corrected chi connectivity index (χ4v) is 5.38. The van der Waals surface area contributed by atoms with E-state index in [0.29, 0.717) is 31.0 Å². The molecule has 0 spiro atoms. The molecule has 1 unspecified atom stereocenters. The number of aromatic nitrogens is 1. The van der Waals surface area contributed by atoms with E-state index in [2.05, 4.69) is 4.98 Å². The number of aliphatic hydroxyl groups is 1. The molecule has 8 nitrogen and oxygen atoms in total. The summed E-state index contributed by atoms with van der Waals surface area (Å²) in [5.74, 6) is 0.0478. The summed E-state index contributed by atoms with van der Waals surface area (Å²) in [6.07, 6.45) is 9.19. The number of hydrogen-bond donors (Lipinski definition) is 1. The smallest absolute Gasteiger partial charge is 0.357 e. The first-order chi connectivity index (χ1) is 15.9. The molecule has 2 atom stereocenters. The van der Waals surface area contributed by atoms with E-state index in [0.717, 1.165) is 42.9 Å². The first-order valence-electron chi connectivity index (χ1n) is 11.5. The summed E-state index contributed by atoms with van der Waals surface area (Å²) in [7, 11) is 0. The SMILES string of the molecule is CCOC(=O)c1csc(SCCN2C(=O)CC[C@@H]2/C=C/C(CCCCCCO)OC(C)=O)n1. The number of carbonyl (C=O) groups excluding carboxylic acids is 3. The second kappa shape index (κ2) is 15.1. The maximum atomic E-state index is 12.4. The summed E-state index contributed by atoms with van der Waals surface area (Å²) in [6, 6.07) is -0.0167. The van der Waals surface area contributed by atoms with E-state index in [1.807, 2.05) is 17.1 Å². The van der Waals surface area contributed by atoms with Crippen molar-refractivity contribution < 1.29 is 29.0 Å². The van der Waals surface area contributed by atoms with Crippen molar-refractivity contribution in [3.8, 4) is 0 Å². The molecule has 33 heavy (non-hydrogen) atoms. The fraction of sp³-hybridized carbons (Fsp3) is 0.652. The quantitative estimate of drug-likeness (QED) is 0.168. The highest BCUT2D eigenvalue weighted by Gasteiger charge is 2.29. The molecule has 0 aliphatic carbocycles. The van der Waals surface area contributed by atoms with Crippen molar-refractivity contribution in [3.05, 3.63) is 23.2 Å². The first kappa shape index (κ1) is 27.3. The molecule has 0 aromatic carbocycles. The van der Waals surface area contributed by atoms with Crippen LogP contribution in [0.15, 0.2) is 21.9 Å². The van der Waals surface area contributed by atoms with Gasteiger partial charge in [-0.3, -0.25) is 9.59 Å². The van der Waals surface area contributed by atoms with E-state index in [1.165, 1.54) is 30.0 Å². The third-order valence-electron chi connectivity index (χ3n) is 5.16. The number of rotatable bonds is 15. The van der Waals surface area contributed by atoms with Crippen LogP contribution in [-0.4, -0.2) is 70.5 Å². The van der Waals surface area contributed by atoms with Crippen LogP contribution >= 0.6 is 23.1 Å². The molecule has 1 fully saturated rings. The predicted molar refractivity (Wildman–Crippen MR) is 128 cm³/mol. The lowest BCUT2D eigenvalue weighted by molar-refractivity contribution is -0.144. The molecule has 1 aromatic heterocycles. The highest BCUT2D eigenvalue weighted by molar-refractivity contribution is 8.01. The van der Waals surface area contributed by atoms with Crippen molar-refractivity contribution in [2.75, 3.05) is 25.5 Å². The first-order valence-corrected chi connectivity index (χ1v) is 13.3. The normalized spacial score (nSPS) is 17.0. The Morgan fingerprint density at radius 1 is 1.36 bits per heavy atom. The molecule has 2 rings (SSSR count). The van der Waals surface area contributed by atoms with Crippen LogP contribution in [0.3, 0.4) is 0 Å². The Morgan fingerprint density at radius 3 is 2.88 bits per heavy atom. The van der Waals surface area contributed by atoms with Gasteiger partial charge in [-0.1, -0.05) is 30.7 Å². The van der Waals surface area contributed by atoms with E-state index in [4.69, 9.17) is 14.6 Å². The van der Waals surface area contributed by atoms with Gasteiger partial charge in [0.1, 0.15) is 6.10 Å². The van der Waals surface area contributed by atoms with Gasteiger partial charge in [0.25, 0.3) is 0 Å². The van der Waals surface area contributed by atoms with Crippen molar-refractivity contribution in [1.29, 1.82) is 0 Å². The number of nitrogens with zero attached hydrogens (tertiary/aromatic N) is 2. The topological polar surface area (TPSA) is 106 Å². The minimum Gasteiger partial charge on any atom is -0.461 e. The minimum absolute atomic E-state index is 0.0167. The molecule has 1 aromatic rings. The zero-order valence-electron chi connectivity index (χ0n) is 19.4. The van der Waals surface area contributed by atoms with E-state index in [-0.39, 0.29) is 30.6 Å². The fourth-order valence-electron chi connectivity index (χ4n) is 3.57. The Labute approximate surface area is 203 Å². The van der Waals surface area contributed by atoms with Gasteiger partial charge in [-0.2, -0.15) is 0 Å². The number of esters is 2. The van der Waals surface area contributed by atoms with Gasteiger partial charge < -0.3 is 19.5 Å². The third-order valence-corrected chi connectivity index (χ3v) is 7.16. The molecule has 0 radical (unpaired) electrons. The Bertz CT molecular complexity index is 798. The van der Waals surface area contributed by atoms with E-state index in [9.17, 15) is 14.4 Å². The molecule has 1 aliphatic heterocycles. The second-order valence-electron chi connectivity index (χ2n) is 7.72. The molecule has 0 saturated carbocycles. The lowest BCUT2D eigenvalue weighted by Crippen LogP contribution is -2.34. The number of thioether (sulfide) groups is 1. The van der Waals surface area contributed by atoms with Crippen LogP contribution in [0, 0.1) is 0 Å². The maximum Gasteiger partial charge on any atom is 0.357 e. The van der Waals surface area contributed by atoms with Crippen LogP contribution in [0.2, 0.25) is 0 Å². The summed E-state index contributed by atoms with van der Waals surface area (Å²) in [5.41, 5.74) is 0.315. The molecular formula is C23H34N2O6S2. The van der Waals surface area contributed by atoms with E-state index < -0.39 is 5.97 Å². The molecule has 10 heteroatoms.